The number of aliphatic carboxylic acids is 1. The van der Waals surface area contributed by atoms with E-state index in [1.54, 1.807) is 0 Å². The molecule has 1 atom stereocenters. The molecule has 0 spiro atoms. The van der Waals surface area contributed by atoms with Gasteiger partial charge >= 0.3 is 5.97 Å². The van der Waals surface area contributed by atoms with E-state index in [0.29, 0.717) is 0 Å². The molecule has 0 amide bonds. The van der Waals surface area contributed by atoms with E-state index in [9.17, 15) is 4.79 Å². The van der Waals surface area contributed by atoms with Gasteiger partial charge in [0, 0.05) is 6.04 Å². The minimum Gasteiger partial charge on any atom is -0.494 e. The number of rotatable bonds is 11. The molecule has 118 valence electrons. The highest BCUT2D eigenvalue weighted by Crippen LogP contribution is 2.19. The fourth-order valence-corrected chi connectivity index (χ4v) is 2.19. The van der Waals surface area contributed by atoms with Crippen molar-refractivity contribution in [3.8, 4) is 5.75 Å². The Morgan fingerprint density at radius 3 is 2.38 bits per heavy atom. The van der Waals surface area contributed by atoms with E-state index in [4.69, 9.17) is 15.6 Å². The molecule has 0 aliphatic carbocycles. The number of ether oxygens (including phenoxy) is 1. The van der Waals surface area contributed by atoms with Crippen LogP contribution in [0.15, 0.2) is 24.3 Å². The number of benzene rings is 1. The third kappa shape index (κ3) is 7.71. The van der Waals surface area contributed by atoms with Gasteiger partial charge < -0.3 is 15.6 Å². The molecule has 0 bridgehead atoms. The smallest absolute Gasteiger partial charge is 0.305 e. The number of hydrogen-bond donors (Lipinski definition) is 2. The predicted molar refractivity (Wildman–Crippen MR) is 84.5 cm³/mol. The standard InChI is InChI=1S/C17H27NO3/c1-2-3-4-5-6-7-12-21-15-10-8-14(9-11-15)16(18)13-17(19)20/h8-11,16H,2-7,12-13,18H2,1H3,(H,19,20)/t16-/m0/s1. The lowest BCUT2D eigenvalue weighted by Crippen LogP contribution is -2.14. The van der Waals surface area contributed by atoms with Gasteiger partial charge in [0.2, 0.25) is 0 Å². The van der Waals surface area contributed by atoms with Crippen molar-refractivity contribution in [3.05, 3.63) is 29.8 Å². The first-order valence-electron chi connectivity index (χ1n) is 7.83. The Bertz CT molecular complexity index is 403. The molecule has 0 unspecified atom stereocenters. The zero-order valence-corrected chi connectivity index (χ0v) is 12.9. The zero-order valence-electron chi connectivity index (χ0n) is 12.9. The van der Waals surface area contributed by atoms with E-state index in [1.807, 2.05) is 24.3 Å². The van der Waals surface area contributed by atoms with Gasteiger partial charge in [-0.25, -0.2) is 0 Å². The maximum atomic E-state index is 10.6. The number of carboxylic acid groups (broad SMARTS) is 1. The molecule has 0 aromatic heterocycles. The maximum Gasteiger partial charge on any atom is 0.305 e. The molecule has 1 aromatic carbocycles. The molecule has 1 rings (SSSR count). The molecule has 21 heavy (non-hydrogen) atoms. The van der Waals surface area contributed by atoms with Crippen molar-refractivity contribution in [3.63, 3.8) is 0 Å². The van der Waals surface area contributed by atoms with Crippen molar-refractivity contribution in [2.45, 2.75) is 57.9 Å². The normalized spacial score (nSPS) is 12.1. The number of unbranched alkanes of at least 4 members (excludes halogenated alkanes) is 5. The first-order valence-corrected chi connectivity index (χ1v) is 7.83. The number of carboxylic acids is 1. The van der Waals surface area contributed by atoms with E-state index in [-0.39, 0.29) is 6.42 Å². The molecule has 3 N–H and O–H groups in total. The van der Waals surface area contributed by atoms with Crippen LogP contribution in [-0.2, 0) is 4.79 Å². The summed E-state index contributed by atoms with van der Waals surface area (Å²) in [6.45, 7) is 2.95. The van der Waals surface area contributed by atoms with Crippen molar-refractivity contribution in [1.29, 1.82) is 0 Å². The molecular formula is C17H27NO3. The van der Waals surface area contributed by atoms with Gasteiger partial charge in [0.25, 0.3) is 0 Å². The number of carbonyl (C=O) groups is 1. The Labute approximate surface area is 127 Å². The second kappa shape index (κ2) is 10.2. The van der Waals surface area contributed by atoms with Crippen molar-refractivity contribution < 1.29 is 14.6 Å². The van der Waals surface area contributed by atoms with Crippen LogP contribution in [0.25, 0.3) is 0 Å². The number of nitrogens with two attached hydrogens (primary N) is 1. The first-order chi connectivity index (χ1) is 10.1. The summed E-state index contributed by atoms with van der Waals surface area (Å²) in [7, 11) is 0. The summed E-state index contributed by atoms with van der Waals surface area (Å²) in [5.41, 5.74) is 6.63. The maximum absolute atomic E-state index is 10.6. The van der Waals surface area contributed by atoms with Crippen molar-refractivity contribution in [2.24, 2.45) is 5.73 Å². The van der Waals surface area contributed by atoms with E-state index in [1.165, 1.54) is 32.1 Å². The summed E-state index contributed by atoms with van der Waals surface area (Å²) in [6.07, 6.45) is 7.40. The minimum atomic E-state index is -0.883. The Morgan fingerprint density at radius 1 is 1.14 bits per heavy atom. The average molecular weight is 293 g/mol. The van der Waals surface area contributed by atoms with E-state index in [0.717, 1.165) is 24.3 Å². The first kappa shape index (κ1) is 17.5. The molecule has 0 fully saturated rings. The fourth-order valence-electron chi connectivity index (χ4n) is 2.19. The van der Waals surface area contributed by atoms with Crippen LogP contribution in [0.4, 0.5) is 0 Å². The molecule has 0 saturated heterocycles. The quantitative estimate of drug-likeness (QED) is 0.607. The van der Waals surface area contributed by atoms with Crippen LogP contribution >= 0.6 is 0 Å². The van der Waals surface area contributed by atoms with Gasteiger partial charge in [-0.15, -0.1) is 0 Å². The Balaban J connectivity index is 2.23. The Hall–Kier alpha value is -1.55. The van der Waals surface area contributed by atoms with Crippen LogP contribution in [-0.4, -0.2) is 17.7 Å². The van der Waals surface area contributed by atoms with E-state index < -0.39 is 12.0 Å². The second-order valence-electron chi connectivity index (χ2n) is 5.39. The van der Waals surface area contributed by atoms with Crippen LogP contribution in [0, 0.1) is 0 Å². The largest absolute Gasteiger partial charge is 0.494 e. The summed E-state index contributed by atoms with van der Waals surface area (Å²) in [4.78, 5) is 10.6. The van der Waals surface area contributed by atoms with Gasteiger partial charge in [-0.1, -0.05) is 51.2 Å². The lowest BCUT2D eigenvalue weighted by molar-refractivity contribution is -0.137. The fraction of sp³-hybridized carbons (Fsp3) is 0.588. The van der Waals surface area contributed by atoms with Crippen molar-refractivity contribution >= 4 is 5.97 Å². The molecule has 4 heteroatoms. The molecule has 0 aliphatic rings. The average Bonchev–Trinajstić information content (AvgIpc) is 2.46. The Kier molecular flexibility index (Phi) is 8.51. The third-order valence-electron chi connectivity index (χ3n) is 3.47. The highest BCUT2D eigenvalue weighted by Gasteiger charge is 2.10. The van der Waals surface area contributed by atoms with Crippen LogP contribution in [0.1, 0.15) is 63.5 Å². The van der Waals surface area contributed by atoms with Gasteiger partial charge in [-0.3, -0.25) is 4.79 Å². The zero-order chi connectivity index (χ0) is 15.5. The van der Waals surface area contributed by atoms with Gasteiger partial charge in [-0.2, -0.15) is 0 Å². The second-order valence-corrected chi connectivity index (χ2v) is 5.39. The topological polar surface area (TPSA) is 72.5 Å². The SMILES string of the molecule is CCCCCCCCOc1ccc([C@@H](N)CC(=O)O)cc1. The van der Waals surface area contributed by atoms with Crippen LogP contribution in [0.3, 0.4) is 0 Å². The summed E-state index contributed by atoms with van der Waals surface area (Å²) in [5, 5.41) is 8.72. The van der Waals surface area contributed by atoms with Crippen molar-refractivity contribution in [1.82, 2.24) is 0 Å². The van der Waals surface area contributed by atoms with Crippen LogP contribution in [0.2, 0.25) is 0 Å². The molecule has 0 aliphatic heterocycles. The molecule has 0 radical (unpaired) electrons. The summed E-state index contributed by atoms with van der Waals surface area (Å²) >= 11 is 0. The molecule has 0 heterocycles. The van der Waals surface area contributed by atoms with Gasteiger partial charge in [-0.05, 0) is 24.1 Å². The summed E-state index contributed by atoms with van der Waals surface area (Å²) < 4.78 is 5.67. The lowest BCUT2D eigenvalue weighted by Gasteiger charge is -2.11. The van der Waals surface area contributed by atoms with E-state index in [2.05, 4.69) is 6.92 Å². The monoisotopic (exact) mass is 293 g/mol. The highest BCUT2D eigenvalue weighted by molar-refractivity contribution is 5.67. The van der Waals surface area contributed by atoms with Gasteiger partial charge in [0.05, 0.1) is 13.0 Å². The molecular weight excluding hydrogens is 266 g/mol. The molecule has 0 saturated carbocycles. The summed E-state index contributed by atoms with van der Waals surface area (Å²) in [5.74, 6) is -0.0688. The lowest BCUT2D eigenvalue weighted by atomic mass is 10.0. The van der Waals surface area contributed by atoms with Crippen LogP contribution in [0.5, 0.6) is 5.75 Å². The van der Waals surface area contributed by atoms with Gasteiger partial charge in [0.15, 0.2) is 0 Å². The minimum absolute atomic E-state index is 0.0576. The molecule has 4 nitrogen and oxygen atoms in total. The predicted octanol–water partition coefficient (Wildman–Crippen LogP) is 3.90. The Morgan fingerprint density at radius 2 is 1.76 bits per heavy atom. The van der Waals surface area contributed by atoms with Crippen molar-refractivity contribution in [2.75, 3.05) is 6.61 Å². The summed E-state index contributed by atoms with van der Waals surface area (Å²) in [6, 6.07) is 6.92. The molecule has 1 aromatic rings. The number of hydrogen-bond acceptors (Lipinski definition) is 3. The van der Waals surface area contributed by atoms with Crippen LogP contribution < -0.4 is 10.5 Å². The van der Waals surface area contributed by atoms with Gasteiger partial charge in [0.1, 0.15) is 5.75 Å². The highest BCUT2D eigenvalue weighted by atomic mass is 16.5. The third-order valence-corrected chi connectivity index (χ3v) is 3.47. The van der Waals surface area contributed by atoms with E-state index >= 15 is 0 Å².